The van der Waals surface area contributed by atoms with Crippen molar-refractivity contribution < 1.29 is 0 Å². The zero-order chi connectivity index (χ0) is 9.52. The Morgan fingerprint density at radius 3 is 2.31 bits per heavy atom. The molecule has 0 bridgehead atoms. The van der Waals surface area contributed by atoms with E-state index in [4.69, 9.17) is 0 Å². The van der Waals surface area contributed by atoms with Crippen LogP contribution in [0.5, 0.6) is 0 Å². The van der Waals surface area contributed by atoms with E-state index in [0.29, 0.717) is 0 Å². The summed E-state index contributed by atoms with van der Waals surface area (Å²) in [7, 11) is 0. The smallest absolute Gasteiger partial charge is 0.0256 e. The molecule has 0 amide bonds. The first-order chi connectivity index (χ1) is 6.33. The Bertz CT molecular complexity index is 312. The van der Waals surface area contributed by atoms with Crippen LogP contribution in [0.4, 0.5) is 0 Å². The van der Waals surface area contributed by atoms with Crippen LogP contribution in [0, 0.1) is 6.92 Å². The Balaban J connectivity index is 2.64. The van der Waals surface area contributed by atoms with E-state index in [1.165, 1.54) is 11.1 Å². The number of allylic oxidation sites excluding steroid dienone is 4. The van der Waals surface area contributed by atoms with Crippen LogP contribution in [0.3, 0.4) is 0 Å². The van der Waals surface area contributed by atoms with Gasteiger partial charge in [0, 0.05) is 0 Å². The fourth-order valence-corrected chi connectivity index (χ4v) is 0.987. The molecular formula is C13H14. The SMILES string of the molecule is C=C/C=C\C=C\c1ccc(C)cc1. The van der Waals surface area contributed by atoms with Gasteiger partial charge in [-0.2, -0.15) is 0 Å². The van der Waals surface area contributed by atoms with E-state index in [-0.39, 0.29) is 0 Å². The standard InChI is InChI=1S/C13H14/c1-3-4-5-6-7-13-10-8-12(2)9-11-13/h3-11H,1H2,2H3/b5-4-,7-6+. The number of rotatable bonds is 3. The predicted octanol–water partition coefficient (Wildman–Crippen LogP) is 3.75. The van der Waals surface area contributed by atoms with Crippen LogP contribution < -0.4 is 0 Å². The van der Waals surface area contributed by atoms with Crippen LogP contribution in [0.1, 0.15) is 11.1 Å². The van der Waals surface area contributed by atoms with Crippen LogP contribution in [0.15, 0.2) is 55.1 Å². The molecule has 0 nitrogen and oxygen atoms in total. The fraction of sp³-hybridized carbons (Fsp3) is 0.0769. The molecule has 0 heterocycles. The quantitative estimate of drug-likeness (QED) is 0.606. The van der Waals surface area contributed by atoms with Crippen molar-refractivity contribution in [1.82, 2.24) is 0 Å². The monoisotopic (exact) mass is 170 g/mol. The molecule has 1 aromatic rings. The summed E-state index contributed by atoms with van der Waals surface area (Å²) in [6.07, 6.45) is 9.71. The number of hydrogen-bond donors (Lipinski definition) is 0. The van der Waals surface area contributed by atoms with Gasteiger partial charge in [0.2, 0.25) is 0 Å². The lowest BCUT2D eigenvalue weighted by Crippen LogP contribution is -1.72. The van der Waals surface area contributed by atoms with Gasteiger partial charge in [-0.1, -0.05) is 66.8 Å². The lowest BCUT2D eigenvalue weighted by atomic mass is 10.1. The van der Waals surface area contributed by atoms with Crippen molar-refractivity contribution in [3.05, 3.63) is 66.3 Å². The van der Waals surface area contributed by atoms with Crippen LogP contribution in [-0.4, -0.2) is 0 Å². The average Bonchev–Trinajstić information content (AvgIpc) is 2.15. The number of hydrogen-bond acceptors (Lipinski definition) is 0. The van der Waals surface area contributed by atoms with E-state index in [0.717, 1.165) is 0 Å². The second-order valence-electron chi connectivity index (χ2n) is 2.89. The molecular weight excluding hydrogens is 156 g/mol. The van der Waals surface area contributed by atoms with Gasteiger partial charge < -0.3 is 0 Å². The highest BCUT2D eigenvalue weighted by atomic mass is 13.9. The molecule has 0 aliphatic rings. The van der Waals surface area contributed by atoms with Gasteiger partial charge in [-0.25, -0.2) is 0 Å². The Labute approximate surface area is 79.9 Å². The van der Waals surface area contributed by atoms with Crippen molar-refractivity contribution in [2.45, 2.75) is 6.92 Å². The molecule has 1 rings (SSSR count). The van der Waals surface area contributed by atoms with Crippen LogP contribution in [-0.2, 0) is 0 Å². The Morgan fingerprint density at radius 2 is 1.69 bits per heavy atom. The lowest BCUT2D eigenvalue weighted by molar-refractivity contribution is 1.46. The first-order valence-electron chi connectivity index (χ1n) is 4.35. The first kappa shape index (κ1) is 9.53. The predicted molar refractivity (Wildman–Crippen MR) is 59.6 cm³/mol. The summed E-state index contributed by atoms with van der Waals surface area (Å²) in [5.74, 6) is 0. The Kier molecular flexibility index (Phi) is 3.77. The normalized spacial score (nSPS) is 11.2. The first-order valence-corrected chi connectivity index (χ1v) is 4.35. The van der Waals surface area contributed by atoms with Gasteiger partial charge >= 0.3 is 0 Å². The summed E-state index contributed by atoms with van der Waals surface area (Å²) >= 11 is 0. The maximum atomic E-state index is 3.60. The summed E-state index contributed by atoms with van der Waals surface area (Å²) in [5.41, 5.74) is 2.51. The van der Waals surface area contributed by atoms with Gasteiger partial charge in [-0.05, 0) is 12.5 Å². The number of benzene rings is 1. The fourth-order valence-electron chi connectivity index (χ4n) is 0.987. The minimum atomic E-state index is 1.22. The molecule has 0 atom stereocenters. The highest BCUT2D eigenvalue weighted by Gasteiger charge is 1.83. The highest BCUT2D eigenvalue weighted by molar-refractivity contribution is 5.51. The molecule has 0 N–H and O–H groups in total. The van der Waals surface area contributed by atoms with Crippen molar-refractivity contribution >= 4 is 6.08 Å². The maximum absolute atomic E-state index is 3.60. The summed E-state index contributed by atoms with van der Waals surface area (Å²) in [6, 6.07) is 8.43. The Hall–Kier alpha value is -1.56. The van der Waals surface area contributed by atoms with Crippen LogP contribution in [0.2, 0.25) is 0 Å². The molecule has 66 valence electrons. The molecule has 0 saturated heterocycles. The zero-order valence-corrected chi connectivity index (χ0v) is 7.90. The number of aryl methyl sites for hydroxylation is 1. The van der Waals surface area contributed by atoms with E-state index in [1.807, 2.05) is 18.2 Å². The summed E-state index contributed by atoms with van der Waals surface area (Å²) in [4.78, 5) is 0. The van der Waals surface area contributed by atoms with E-state index >= 15 is 0 Å². The van der Waals surface area contributed by atoms with Crippen molar-refractivity contribution in [2.75, 3.05) is 0 Å². The van der Waals surface area contributed by atoms with E-state index in [9.17, 15) is 0 Å². The molecule has 13 heavy (non-hydrogen) atoms. The highest BCUT2D eigenvalue weighted by Crippen LogP contribution is 2.04. The van der Waals surface area contributed by atoms with E-state index < -0.39 is 0 Å². The van der Waals surface area contributed by atoms with E-state index in [2.05, 4.69) is 43.8 Å². The lowest BCUT2D eigenvalue weighted by Gasteiger charge is -1.92. The maximum Gasteiger partial charge on any atom is -0.0256 e. The third-order valence-electron chi connectivity index (χ3n) is 1.72. The van der Waals surface area contributed by atoms with Gasteiger partial charge in [0.05, 0.1) is 0 Å². The minimum Gasteiger partial charge on any atom is -0.0991 e. The van der Waals surface area contributed by atoms with Crippen LogP contribution in [0.25, 0.3) is 6.08 Å². The summed E-state index contributed by atoms with van der Waals surface area (Å²) < 4.78 is 0. The average molecular weight is 170 g/mol. The van der Waals surface area contributed by atoms with Gasteiger partial charge in [0.25, 0.3) is 0 Å². The Morgan fingerprint density at radius 1 is 1.00 bits per heavy atom. The molecule has 0 heteroatoms. The van der Waals surface area contributed by atoms with Gasteiger partial charge in [0.1, 0.15) is 0 Å². The van der Waals surface area contributed by atoms with Gasteiger partial charge in [-0.15, -0.1) is 0 Å². The van der Waals surface area contributed by atoms with Gasteiger partial charge in [-0.3, -0.25) is 0 Å². The third-order valence-corrected chi connectivity index (χ3v) is 1.72. The molecule has 0 aliphatic carbocycles. The summed E-state index contributed by atoms with van der Waals surface area (Å²) in [5, 5.41) is 0. The molecule has 0 saturated carbocycles. The van der Waals surface area contributed by atoms with Crippen molar-refractivity contribution in [2.24, 2.45) is 0 Å². The molecule has 0 fully saturated rings. The summed E-state index contributed by atoms with van der Waals surface area (Å²) in [6.45, 7) is 5.68. The van der Waals surface area contributed by atoms with Crippen molar-refractivity contribution in [1.29, 1.82) is 0 Å². The molecule has 0 aliphatic heterocycles. The van der Waals surface area contributed by atoms with E-state index in [1.54, 1.807) is 6.08 Å². The molecule has 0 aromatic heterocycles. The second-order valence-corrected chi connectivity index (χ2v) is 2.89. The largest absolute Gasteiger partial charge is 0.0991 e. The third kappa shape index (κ3) is 3.57. The minimum absolute atomic E-state index is 1.22. The van der Waals surface area contributed by atoms with Crippen LogP contribution >= 0.6 is 0 Å². The van der Waals surface area contributed by atoms with Crippen molar-refractivity contribution in [3.8, 4) is 0 Å². The molecule has 1 aromatic carbocycles. The van der Waals surface area contributed by atoms with Crippen molar-refractivity contribution in [3.63, 3.8) is 0 Å². The second kappa shape index (κ2) is 5.15. The molecule has 0 spiro atoms. The molecule has 0 unspecified atom stereocenters. The topological polar surface area (TPSA) is 0 Å². The zero-order valence-electron chi connectivity index (χ0n) is 7.90. The van der Waals surface area contributed by atoms with Gasteiger partial charge in [0.15, 0.2) is 0 Å². The molecule has 0 radical (unpaired) electrons.